The molecule has 288 valence electrons. The van der Waals surface area contributed by atoms with E-state index in [1.807, 2.05) is 0 Å². The first-order valence-corrected chi connectivity index (χ1v) is 20.9. The SMILES string of the molecule is Cc1c(C)n(-c2ccccc2)c2cc3c(cc12)-c1ccc(C=Cc2ccc4c(c2)c2cc(N(c5ccccc5)c5ccccc5)ccc2n4-c2ccccc2)cc1C3(C)C. The Morgan fingerprint density at radius 2 is 0.933 bits per heavy atom. The highest BCUT2D eigenvalue weighted by atomic mass is 15.1. The molecule has 8 aromatic carbocycles. The van der Waals surface area contributed by atoms with Crippen LogP contribution in [0.25, 0.3) is 67.4 Å². The Hall–Kier alpha value is -7.36. The summed E-state index contributed by atoms with van der Waals surface area (Å²) >= 11 is 0. The Bertz CT molecular complexity index is 3240. The number of hydrogen-bond donors (Lipinski definition) is 0. The zero-order chi connectivity index (χ0) is 40.5. The van der Waals surface area contributed by atoms with Crippen molar-refractivity contribution in [3.63, 3.8) is 0 Å². The van der Waals surface area contributed by atoms with Crippen LogP contribution in [0.4, 0.5) is 17.1 Å². The fourth-order valence-corrected chi connectivity index (χ4v) is 9.75. The lowest BCUT2D eigenvalue weighted by atomic mass is 9.81. The Morgan fingerprint density at radius 1 is 0.417 bits per heavy atom. The maximum absolute atomic E-state index is 2.46. The van der Waals surface area contributed by atoms with Crippen molar-refractivity contribution in [2.45, 2.75) is 33.1 Å². The van der Waals surface area contributed by atoms with E-state index in [9.17, 15) is 0 Å². The third kappa shape index (κ3) is 5.65. The summed E-state index contributed by atoms with van der Waals surface area (Å²) in [5.41, 5.74) is 19.7. The molecule has 2 aromatic heterocycles. The van der Waals surface area contributed by atoms with Gasteiger partial charge in [-0.15, -0.1) is 0 Å². The van der Waals surface area contributed by atoms with Gasteiger partial charge in [0, 0.05) is 55.7 Å². The van der Waals surface area contributed by atoms with Crippen LogP contribution in [-0.4, -0.2) is 9.13 Å². The number of fused-ring (bicyclic) bond motifs is 7. The molecule has 0 fully saturated rings. The molecule has 0 radical (unpaired) electrons. The van der Waals surface area contributed by atoms with Crippen LogP contribution in [0.15, 0.2) is 188 Å². The van der Waals surface area contributed by atoms with Gasteiger partial charge in [0.2, 0.25) is 0 Å². The summed E-state index contributed by atoms with van der Waals surface area (Å²) in [5, 5.41) is 3.77. The summed E-state index contributed by atoms with van der Waals surface area (Å²) in [6, 6.07) is 68.5. The van der Waals surface area contributed by atoms with Gasteiger partial charge in [-0.05, 0) is 144 Å². The van der Waals surface area contributed by atoms with Crippen molar-refractivity contribution in [2.24, 2.45) is 0 Å². The number of anilines is 3. The number of rotatable bonds is 7. The Balaban J connectivity index is 0.998. The molecule has 3 nitrogen and oxygen atoms in total. The van der Waals surface area contributed by atoms with Crippen molar-refractivity contribution in [2.75, 3.05) is 4.90 Å². The van der Waals surface area contributed by atoms with Gasteiger partial charge < -0.3 is 14.0 Å². The number of para-hydroxylation sites is 4. The first-order chi connectivity index (χ1) is 29.3. The normalized spacial score (nSPS) is 13.1. The van der Waals surface area contributed by atoms with E-state index in [0.29, 0.717) is 0 Å². The summed E-state index contributed by atoms with van der Waals surface area (Å²) in [4.78, 5) is 2.34. The fraction of sp³-hybridized carbons (Fsp3) is 0.0877. The zero-order valence-corrected chi connectivity index (χ0v) is 34.4. The fourth-order valence-electron chi connectivity index (χ4n) is 9.75. The van der Waals surface area contributed by atoms with E-state index in [4.69, 9.17) is 0 Å². The second-order valence-corrected chi connectivity index (χ2v) is 16.7. The third-order valence-corrected chi connectivity index (χ3v) is 12.9. The molecule has 1 aliphatic carbocycles. The first-order valence-electron chi connectivity index (χ1n) is 20.9. The van der Waals surface area contributed by atoms with Gasteiger partial charge in [0.1, 0.15) is 0 Å². The molecule has 2 heterocycles. The molecule has 0 saturated carbocycles. The smallest absolute Gasteiger partial charge is 0.0542 e. The van der Waals surface area contributed by atoms with Crippen molar-refractivity contribution >= 4 is 61.9 Å². The molecule has 0 spiro atoms. The summed E-state index contributed by atoms with van der Waals surface area (Å²) in [6.07, 6.45) is 4.55. The van der Waals surface area contributed by atoms with Gasteiger partial charge in [0.05, 0.1) is 16.6 Å². The maximum atomic E-state index is 2.46. The van der Waals surface area contributed by atoms with Crippen LogP contribution in [0.3, 0.4) is 0 Å². The van der Waals surface area contributed by atoms with Crippen molar-refractivity contribution in [1.82, 2.24) is 9.13 Å². The molecule has 0 atom stereocenters. The average Bonchev–Trinajstić information content (AvgIpc) is 3.83. The van der Waals surface area contributed by atoms with Crippen LogP contribution in [0.2, 0.25) is 0 Å². The minimum Gasteiger partial charge on any atom is -0.314 e. The molecule has 0 amide bonds. The monoisotopic (exact) mass is 771 g/mol. The predicted octanol–water partition coefficient (Wildman–Crippen LogP) is 15.3. The van der Waals surface area contributed by atoms with Crippen LogP contribution in [0.1, 0.15) is 47.4 Å². The van der Waals surface area contributed by atoms with Gasteiger partial charge >= 0.3 is 0 Å². The quantitative estimate of drug-likeness (QED) is 0.147. The van der Waals surface area contributed by atoms with Crippen molar-refractivity contribution in [3.8, 4) is 22.5 Å². The van der Waals surface area contributed by atoms with Crippen molar-refractivity contribution in [3.05, 3.63) is 222 Å². The van der Waals surface area contributed by atoms with Crippen molar-refractivity contribution in [1.29, 1.82) is 0 Å². The van der Waals surface area contributed by atoms with E-state index < -0.39 is 0 Å². The molecule has 0 saturated heterocycles. The Labute approximate surface area is 351 Å². The second kappa shape index (κ2) is 13.9. The van der Waals surface area contributed by atoms with E-state index >= 15 is 0 Å². The van der Waals surface area contributed by atoms with Gasteiger partial charge in [-0.1, -0.05) is 123 Å². The average molecular weight is 772 g/mol. The van der Waals surface area contributed by atoms with E-state index in [2.05, 4.69) is 242 Å². The summed E-state index contributed by atoms with van der Waals surface area (Å²) < 4.78 is 4.82. The molecular weight excluding hydrogens is 727 g/mol. The van der Waals surface area contributed by atoms with Crippen LogP contribution < -0.4 is 4.90 Å². The summed E-state index contributed by atoms with van der Waals surface area (Å²) in [5.74, 6) is 0. The minimum absolute atomic E-state index is 0.139. The number of aromatic nitrogens is 2. The predicted molar refractivity (Wildman–Crippen MR) is 255 cm³/mol. The van der Waals surface area contributed by atoms with Crippen LogP contribution >= 0.6 is 0 Å². The van der Waals surface area contributed by atoms with E-state index in [1.54, 1.807) is 0 Å². The van der Waals surface area contributed by atoms with E-state index in [-0.39, 0.29) is 5.41 Å². The van der Waals surface area contributed by atoms with E-state index in [0.717, 1.165) is 22.7 Å². The second-order valence-electron chi connectivity index (χ2n) is 16.7. The van der Waals surface area contributed by atoms with Crippen molar-refractivity contribution < 1.29 is 0 Å². The lowest BCUT2D eigenvalue weighted by Gasteiger charge is -2.25. The minimum atomic E-state index is -0.139. The molecular formula is C57H45N3. The Kier molecular flexibility index (Phi) is 8.28. The van der Waals surface area contributed by atoms with Crippen LogP contribution in [0, 0.1) is 13.8 Å². The molecule has 11 rings (SSSR count). The van der Waals surface area contributed by atoms with Gasteiger partial charge in [-0.25, -0.2) is 0 Å². The highest BCUT2D eigenvalue weighted by Crippen LogP contribution is 2.51. The maximum Gasteiger partial charge on any atom is 0.0542 e. The molecule has 10 aromatic rings. The molecule has 1 aliphatic rings. The first kappa shape index (κ1) is 35.8. The van der Waals surface area contributed by atoms with Gasteiger partial charge in [0.15, 0.2) is 0 Å². The summed E-state index contributed by atoms with van der Waals surface area (Å²) in [6.45, 7) is 9.27. The molecule has 60 heavy (non-hydrogen) atoms. The lowest BCUT2D eigenvalue weighted by Crippen LogP contribution is -2.15. The number of nitrogens with zero attached hydrogens (tertiary/aromatic N) is 3. The zero-order valence-electron chi connectivity index (χ0n) is 34.4. The third-order valence-electron chi connectivity index (χ3n) is 12.9. The molecule has 0 N–H and O–H groups in total. The molecule has 0 unspecified atom stereocenters. The lowest BCUT2D eigenvalue weighted by molar-refractivity contribution is 0.660. The Morgan fingerprint density at radius 3 is 1.57 bits per heavy atom. The number of benzene rings is 8. The van der Waals surface area contributed by atoms with Crippen LogP contribution in [0.5, 0.6) is 0 Å². The van der Waals surface area contributed by atoms with E-state index in [1.165, 1.54) is 83.0 Å². The number of hydrogen-bond acceptors (Lipinski definition) is 1. The van der Waals surface area contributed by atoms with Gasteiger partial charge in [-0.2, -0.15) is 0 Å². The molecule has 0 aliphatic heterocycles. The molecule has 3 heteroatoms. The topological polar surface area (TPSA) is 13.1 Å². The molecule has 0 bridgehead atoms. The summed E-state index contributed by atoms with van der Waals surface area (Å²) in [7, 11) is 0. The van der Waals surface area contributed by atoms with Crippen LogP contribution in [-0.2, 0) is 5.41 Å². The highest BCUT2D eigenvalue weighted by Gasteiger charge is 2.36. The number of aryl methyl sites for hydroxylation is 1. The standard InChI is InChI=1S/C57H45N3/c1-38-39(2)58(42-17-9-5-10-18-42)56-37-53-49(36-48(38)56)47-30-27-41(34-52(47)57(53,3)4)26-25-40-28-31-54-50(33-40)51-35-46(29-32-55(51)60(54)45-23-15-8-16-24-45)59(43-19-11-6-12-20-43)44-21-13-7-14-22-44/h5-37H,1-4H3. The highest BCUT2D eigenvalue weighted by molar-refractivity contribution is 6.11. The van der Waals surface area contributed by atoms with Gasteiger partial charge in [0.25, 0.3) is 0 Å². The largest absolute Gasteiger partial charge is 0.314 e. The van der Waals surface area contributed by atoms with Gasteiger partial charge in [-0.3, -0.25) is 0 Å².